The molecule has 4 rings (SSSR count). The molecule has 0 aliphatic carbocycles. The van der Waals surface area contributed by atoms with E-state index in [4.69, 9.17) is 4.74 Å². The maximum absolute atomic E-state index is 13.9. The Balaban J connectivity index is 1.76. The first-order valence-corrected chi connectivity index (χ1v) is 10.4. The van der Waals surface area contributed by atoms with E-state index >= 15 is 0 Å². The predicted molar refractivity (Wildman–Crippen MR) is 114 cm³/mol. The second-order valence-corrected chi connectivity index (χ2v) is 8.47. The van der Waals surface area contributed by atoms with E-state index in [0.717, 1.165) is 6.20 Å². The number of fused-ring (bicyclic) bond motifs is 4. The Hall–Kier alpha value is -3.60. The summed E-state index contributed by atoms with van der Waals surface area (Å²) in [5.74, 6) is -6.07. The van der Waals surface area contributed by atoms with Gasteiger partial charge in [0.05, 0.1) is 6.04 Å². The second kappa shape index (κ2) is 8.32. The van der Waals surface area contributed by atoms with Crippen molar-refractivity contribution in [2.45, 2.75) is 38.1 Å². The van der Waals surface area contributed by atoms with Gasteiger partial charge in [-0.3, -0.25) is 14.4 Å². The second-order valence-electron chi connectivity index (χ2n) is 8.47. The van der Waals surface area contributed by atoms with Crippen LogP contribution >= 0.6 is 0 Å². The fourth-order valence-corrected chi connectivity index (χ4v) is 4.30. The number of benzene rings is 1. The fraction of sp³-hybridized carbons (Fsp3) is 0.348. The van der Waals surface area contributed by atoms with Crippen LogP contribution in [0.25, 0.3) is 0 Å². The fourth-order valence-electron chi connectivity index (χ4n) is 4.30. The van der Waals surface area contributed by atoms with Crippen LogP contribution in [-0.4, -0.2) is 51.7 Å². The molecule has 0 unspecified atom stereocenters. The molecule has 2 bridgehead atoms. The van der Waals surface area contributed by atoms with Crippen LogP contribution in [0.2, 0.25) is 0 Å². The average Bonchev–Trinajstić information content (AvgIpc) is 2.89. The third-order valence-electron chi connectivity index (χ3n) is 6.45. The van der Waals surface area contributed by atoms with Crippen LogP contribution < -0.4 is 10.7 Å². The van der Waals surface area contributed by atoms with E-state index in [2.05, 4.69) is 5.32 Å². The number of amides is 2. The van der Waals surface area contributed by atoms with Gasteiger partial charge in [0.25, 0.3) is 11.8 Å². The van der Waals surface area contributed by atoms with Crippen molar-refractivity contribution in [1.82, 2.24) is 14.8 Å². The first kappa shape index (κ1) is 23.6. The van der Waals surface area contributed by atoms with Gasteiger partial charge in [-0.2, -0.15) is 0 Å². The van der Waals surface area contributed by atoms with Gasteiger partial charge in [0.1, 0.15) is 28.6 Å². The highest BCUT2D eigenvalue weighted by Gasteiger charge is 2.46. The Morgan fingerprint density at radius 1 is 1.26 bits per heavy atom. The van der Waals surface area contributed by atoms with Crippen molar-refractivity contribution >= 4 is 11.8 Å². The van der Waals surface area contributed by atoms with Crippen LogP contribution in [0.4, 0.5) is 13.2 Å². The molecule has 2 amide bonds. The Labute approximate surface area is 192 Å². The van der Waals surface area contributed by atoms with Crippen molar-refractivity contribution in [2.24, 2.45) is 0 Å². The molecule has 11 heteroatoms. The molecule has 0 fully saturated rings. The third-order valence-corrected chi connectivity index (χ3v) is 6.45. The predicted octanol–water partition coefficient (Wildman–Crippen LogP) is 2.26. The van der Waals surface area contributed by atoms with Crippen LogP contribution in [0, 0.1) is 17.5 Å². The zero-order valence-corrected chi connectivity index (χ0v) is 18.6. The summed E-state index contributed by atoms with van der Waals surface area (Å²) in [6.07, 6.45) is 4.69. The van der Waals surface area contributed by atoms with Crippen LogP contribution in [0.3, 0.4) is 0 Å². The largest absolute Gasteiger partial charge is 0.503 e. The van der Waals surface area contributed by atoms with Crippen molar-refractivity contribution in [3.8, 4) is 5.75 Å². The summed E-state index contributed by atoms with van der Waals surface area (Å²) in [6, 6.07) is -0.00313. The quantitative estimate of drug-likeness (QED) is 0.658. The maximum Gasteiger partial charge on any atom is 0.275 e. The van der Waals surface area contributed by atoms with Gasteiger partial charge in [0.15, 0.2) is 11.4 Å². The number of rotatable bonds is 4. The average molecular weight is 477 g/mol. The summed E-state index contributed by atoms with van der Waals surface area (Å²) in [7, 11) is 1.47. The van der Waals surface area contributed by atoms with E-state index in [1.54, 1.807) is 26.0 Å². The highest BCUT2D eigenvalue weighted by Crippen LogP contribution is 2.38. The van der Waals surface area contributed by atoms with Crippen molar-refractivity contribution in [3.05, 3.63) is 75.0 Å². The molecule has 1 aromatic carbocycles. The Bertz CT molecular complexity index is 1270. The van der Waals surface area contributed by atoms with E-state index in [1.165, 1.54) is 16.6 Å². The number of carbonyl (C=O) groups excluding carboxylic acids is 2. The Morgan fingerprint density at radius 2 is 1.91 bits per heavy atom. The lowest BCUT2D eigenvalue weighted by Gasteiger charge is -2.42. The van der Waals surface area contributed by atoms with Crippen LogP contribution in [0.1, 0.15) is 46.3 Å². The highest BCUT2D eigenvalue weighted by atomic mass is 19.1. The van der Waals surface area contributed by atoms with Gasteiger partial charge < -0.3 is 24.6 Å². The first-order valence-electron chi connectivity index (χ1n) is 10.4. The van der Waals surface area contributed by atoms with Crippen LogP contribution in [0.5, 0.6) is 5.75 Å². The summed E-state index contributed by atoms with van der Waals surface area (Å²) >= 11 is 0. The molecule has 3 heterocycles. The van der Waals surface area contributed by atoms with Gasteiger partial charge in [0.2, 0.25) is 5.43 Å². The first-order chi connectivity index (χ1) is 16.0. The Kier molecular flexibility index (Phi) is 5.76. The monoisotopic (exact) mass is 477 g/mol. The van der Waals surface area contributed by atoms with Crippen molar-refractivity contribution in [3.63, 3.8) is 0 Å². The van der Waals surface area contributed by atoms with Gasteiger partial charge in [-0.25, -0.2) is 13.2 Å². The molecule has 180 valence electrons. The summed E-state index contributed by atoms with van der Waals surface area (Å²) in [6.45, 7) is 3.05. The molecule has 2 aliphatic heterocycles. The van der Waals surface area contributed by atoms with Gasteiger partial charge in [-0.05, 0) is 13.8 Å². The number of ether oxygens (including phenoxy) is 1. The molecule has 0 saturated heterocycles. The number of aromatic hydroxyl groups is 1. The molecule has 8 nitrogen and oxygen atoms in total. The molecule has 0 radical (unpaired) electrons. The van der Waals surface area contributed by atoms with Crippen molar-refractivity contribution < 1.29 is 32.6 Å². The van der Waals surface area contributed by atoms with Gasteiger partial charge in [0, 0.05) is 50.1 Å². The summed E-state index contributed by atoms with van der Waals surface area (Å²) < 4.78 is 48.0. The molecule has 2 N–H and O–H groups in total. The van der Waals surface area contributed by atoms with Gasteiger partial charge in [-0.15, -0.1) is 0 Å². The van der Waals surface area contributed by atoms with Gasteiger partial charge >= 0.3 is 0 Å². The van der Waals surface area contributed by atoms with Crippen molar-refractivity contribution in [1.29, 1.82) is 0 Å². The van der Waals surface area contributed by atoms with Gasteiger partial charge in [-0.1, -0.05) is 12.2 Å². The van der Waals surface area contributed by atoms with Crippen molar-refractivity contribution in [2.75, 3.05) is 13.7 Å². The summed E-state index contributed by atoms with van der Waals surface area (Å²) in [5, 5.41) is 12.8. The van der Waals surface area contributed by atoms with E-state index in [9.17, 15) is 32.7 Å². The van der Waals surface area contributed by atoms with E-state index in [-0.39, 0.29) is 18.3 Å². The highest BCUT2D eigenvalue weighted by molar-refractivity contribution is 5.99. The minimum atomic E-state index is -1.20. The Morgan fingerprint density at radius 3 is 2.53 bits per heavy atom. The molecule has 0 spiro atoms. The van der Waals surface area contributed by atoms with Crippen LogP contribution in [-0.2, 0) is 11.3 Å². The lowest BCUT2D eigenvalue weighted by atomic mass is 9.93. The molecule has 0 saturated carbocycles. The lowest BCUT2D eigenvalue weighted by Crippen LogP contribution is -2.52. The SMILES string of the molecule is CO[C@@]1(C)C=C[C@H](C)N2C[C@H]1n1cc(C(=O)NCc3c(F)cc(F)cc3F)c(=O)c(O)c1C2=O. The third kappa shape index (κ3) is 3.65. The topological polar surface area (TPSA) is 101 Å². The molecule has 34 heavy (non-hydrogen) atoms. The number of methoxy groups -OCH3 is 1. The number of pyridine rings is 1. The number of halogens is 3. The smallest absolute Gasteiger partial charge is 0.275 e. The van der Waals surface area contributed by atoms with E-state index in [0.29, 0.717) is 12.1 Å². The molecular weight excluding hydrogens is 455 g/mol. The minimum Gasteiger partial charge on any atom is -0.503 e. The molecular formula is C23H22F3N3O5. The van der Waals surface area contributed by atoms with E-state index < -0.39 is 69.8 Å². The number of nitrogens with one attached hydrogen (secondary N) is 1. The number of aromatic nitrogens is 1. The summed E-state index contributed by atoms with van der Waals surface area (Å²) in [4.78, 5) is 40.1. The standard InChI is InChI=1S/C23H22F3N3O5/c1-11-4-5-23(2,34-3)17-10-28(11)22(33)18-20(31)19(30)14(9-29(17)18)21(32)27-8-13-15(25)6-12(24)7-16(13)26/h4-7,9,11,17,31H,8,10H2,1-3H3,(H,27,32)/t11-,17+,23-/m0/s1. The minimum absolute atomic E-state index is 0.180. The zero-order valence-electron chi connectivity index (χ0n) is 18.6. The van der Waals surface area contributed by atoms with Crippen LogP contribution in [0.15, 0.2) is 35.3 Å². The number of hydrogen-bond donors (Lipinski definition) is 2. The number of carbonyl (C=O) groups is 2. The number of nitrogens with zero attached hydrogens (tertiary/aromatic N) is 2. The molecule has 1 aromatic heterocycles. The molecule has 3 atom stereocenters. The number of hydrogen-bond acceptors (Lipinski definition) is 5. The lowest BCUT2D eigenvalue weighted by molar-refractivity contribution is -0.0126. The zero-order chi connectivity index (χ0) is 24.9. The molecule has 2 aliphatic rings. The van der Waals surface area contributed by atoms with E-state index in [1.807, 2.05) is 0 Å². The molecule has 2 aromatic rings. The normalized spacial score (nSPS) is 23.5. The summed E-state index contributed by atoms with van der Waals surface area (Å²) in [5.41, 5.74) is -3.49. The maximum atomic E-state index is 13.9.